The van der Waals surface area contributed by atoms with Crippen LogP contribution in [0, 0.1) is 0 Å². The molecule has 27 heavy (non-hydrogen) atoms. The average molecular weight is 394 g/mol. The van der Waals surface area contributed by atoms with Gasteiger partial charge in [0.15, 0.2) is 5.13 Å². The molecule has 0 saturated heterocycles. The largest absolute Gasteiger partial charge is 0.282 e. The van der Waals surface area contributed by atoms with Crippen LogP contribution >= 0.6 is 22.9 Å². The standard InChI is InChI=1S/C21H16ClN3OS/c22-16-9-10-18-19(13-16)27-21(24-18)25(14-17-8-4-5-11-23-17)20(26)12-15-6-2-1-3-7-15/h1-11,13H,12,14H2. The Morgan fingerprint density at radius 2 is 1.85 bits per heavy atom. The Labute approximate surface area is 166 Å². The molecule has 2 aromatic heterocycles. The van der Waals surface area contributed by atoms with Crippen LogP contribution in [0.15, 0.2) is 72.9 Å². The van der Waals surface area contributed by atoms with Crippen LogP contribution in [-0.2, 0) is 17.8 Å². The molecule has 0 spiro atoms. The summed E-state index contributed by atoms with van der Waals surface area (Å²) in [6.07, 6.45) is 2.04. The summed E-state index contributed by atoms with van der Waals surface area (Å²) in [7, 11) is 0. The zero-order valence-electron chi connectivity index (χ0n) is 14.4. The zero-order valence-corrected chi connectivity index (χ0v) is 16.0. The van der Waals surface area contributed by atoms with E-state index >= 15 is 0 Å². The highest BCUT2D eigenvalue weighted by molar-refractivity contribution is 7.22. The first-order chi connectivity index (χ1) is 13.2. The number of rotatable bonds is 5. The minimum atomic E-state index is -0.0167. The summed E-state index contributed by atoms with van der Waals surface area (Å²) in [5.41, 5.74) is 2.62. The number of benzene rings is 2. The maximum Gasteiger partial charge on any atom is 0.233 e. The van der Waals surface area contributed by atoms with Gasteiger partial charge in [0.25, 0.3) is 0 Å². The number of hydrogen-bond acceptors (Lipinski definition) is 4. The van der Waals surface area contributed by atoms with E-state index in [9.17, 15) is 4.79 Å². The maximum atomic E-state index is 13.1. The van der Waals surface area contributed by atoms with Gasteiger partial charge in [-0.15, -0.1) is 0 Å². The van der Waals surface area contributed by atoms with Gasteiger partial charge in [0, 0.05) is 11.2 Å². The quantitative estimate of drug-likeness (QED) is 0.472. The number of nitrogens with zero attached hydrogens (tertiary/aromatic N) is 3. The lowest BCUT2D eigenvalue weighted by molar-refractivity contribution is -0.118. The first-order valence-corrected chi connectivity index (χ1v) is 9.69. The van der Waals surface area contributed by atoms with Crippen molar-refractivity contribution in [2.24, 2.45) is 0 Å². The van der Waals surface area contributed by atoms with Gasteiger partial charge in [0.1, 0.15) is 0 Å². The van der Waals surface area contributed by atoms with E-state index in [2.05, 4.69) is 9.97 Å². The summed E-state index contributed by atoms with van der Waals surface area (Å²) < 4.78 is 0.955. The molecular formula is C21H16ClN3OS. The van der Waals surface area contributed by atoms with Crippen molar-refractivity contribution in [3.63, 3.8) is 0 Å². The minimum absolute atomic E-state index is 0.0167. The number of anilines is 1. The van der Waals surface area contributed by atoms with Crippen molar-refractivity contribution in [3.8, 4) is 0 Å². The van der Waals surface area contributed by atoms with Gasteiger partial charge in [-0.25, -0.2) is 4.98 Å². The molecule has 0 unspecified atom stereocenters. The lowest BCUT2D eigenvalue weighted by atomic mass is 10.1. The molecule has 2 heterocycles. The van der Waals surface area contributed by atoms with Gasteiger partial charge >= 0.3 is 0 Å². The van der Waals surface area contributed by atoms with Gasteiger partial charge in [0.2, 0.25) is 5.91 Å². The Morgan fingerprint density at radius 3 is 2.63 bits per heavy atom. The van der Waals surface area contributed by atoms with Crippen LogP contribution in [0.1, 0.15) is 11.3 Å². The summed E-state index contributed by atoms with van der Waals surface area (Å²) in [5.74, 6) is -0.0167. The number of halogens is 1. The molecule has 0 aliphatic heterocycles. The van der Waals surface area contributed by atoms with Crippen molar-refractivity contribution < 1.29 is 4.79 Å². The Balaban J connectivity index is 1.68. The van der Waals surface area contributed by atoms with Crippen LogP contribution in [0.4, 0.5) is 5.13 Å². The van der Waals surface area contributed by atoms with E-state index in [0.29, 0.717) is 23.1 Å². The predicted octanol–water partition coefficient (Wildman–Crippen LogP) is 5.12. The van der Waals surface area contributed by atoms with Crippen molar-refractivity contribution in [2.45, 2.75) is 13.0 Å². The first kappa shape index (κ1) is 17.6. The topological polar surface area (TPSA) is 46.1 Å². The lowest BCUT2D eigenvalue weighted by Gasteiger charge is -2.19. The van der Waals surface area contributed by atoms with E-state index in [-0.39, 0.29) is 5.91 Å². The normalized spacial score (nSPS) is 10.9. The third-order valence-electron chi connectivity index (χ3n) is 4.12. The Hall–Kier alpha value is -2.76. The Kier molecular flexibility index (Phi) is 5.14. The summed E-state index contributed by atoms with van der Waals surface area (Å²) in [5, 5.41) is 1.31. The molecule has 4 rings (SSSR count). The molecular weight excluding hydrogens is 378 g/mol. The van der Waals surface area contributed by atoms with Gasteiger partial charge in [-0.05, 0) is 35.9 Å². The number of hydrogen-bond donors (Lipinski definition) is 0. The number of carbonyl (C=O) groups excluding carboxylic acids is 1. The van der Waals surface area contributed by atoms with Gasteiger partial charge in [-0.2, -0.15) is 0 Å². The molecule has 0 aliphatic rings. The molecule has 4 nitrogen and oxygen atoms in total. The fourth-order valence-corrected chi connectivity index (χ4v) is 4.04. The second-order valence-electron chi connectivity index (χ2n) is 6.07. The van der Waals surface area contributed by atoms with Crippen LogP contribution < -0.4 is 4.90 Å². The molecule has 6 heteroatoms. The molecule has 134 valence electrons. The van der Waals surface area contributed by atoms with Crippen molar-refractivity contribution in [2.75, 3.05) is 4.90 Å². The van der Waals surface area contributed by atoms with Gasteiger partial charge < -0.3 is 0 Å². The maximum absolute atomic E-state index is 13.1. The summed E-state index contributed by atoms with van der Waals surface area (Å²) >= 11 is 7.55. The Morgan fingerprint density at radius 1 is 1.04 bits per heavy atom. The molecule has 0 N–H and O–H groups in total. The lowest BCUT2D eigenvalue weighted by Crippen LogP contribution is -2.32. The van der Waals surface area contributed by atoms with Crippen molar-refractivity contribution in [3.05, 3.63) is 89.2 Å². The van der Waals surface area contributed by atoms with Crippen LogP contribution in [0.25, 0.3) is 10.2 Å². The SMILES string of the molecule is O=C(Cc1ccccc1)N(Cc1ccccn1)c1nc2ccc(Cl)cc2s1. The third-order valence-corrected chi connectivity index (χ3v) is 5.39. The number of amides is 1. The highest BCUT2D eigenvalue weighted by Gasteiger charge is 2.21. The van der Waals surface area contributed by atoms with Crippen LogP contribution in [0.2, 0.25) is 5.02 Å². The Bertz CT molecular complexity index is 1070. The van der Waals surface area contributed by atoms with E-state index in [1.165, 1.54) is 11.3 Å². The molecule has 0 aliphatic carbocycles. The van der Waals surface area contributed by atoms with E-state index in [4.69, 9.17) is 11.6 Å². The molecule has 0 radical (unpaired) electrons. The molecule has 0 bridgehead atoms. The predicted molar refractivity (Wildman–Crippen MR) is 110 cm³/mol. The van der Waals surface area contributed by atoms with Crippen LogP contribution in [-0.4, -0.2) is 15.9 Å². The monoisotopic (exact) mass is 393 g/mol. The van der Waals surface area contributed by atoms with Crippen LogP contribution in [0.5, 0.6) is 0 Å². The van der Waals surface area contributed by atoms with E-state index in [1.807, 2.05) is 66.7 Å². The van der Waals surface area contributed by atoms with E-state index in [1.54, 1.807) is 11.1 Å². The second kappa shape index (κ2) is 7.86. The summed E-state index contributed by atoms with van der Waals surface area (Å²) in [6.45, 7) is 0.375. The average Bonchev–Trinajstić information content (AvgIpc) is 3.10. The highest BCUT2D eigenvalue weighted by Crippen LogP contribution is 2.31. The molecule has 4 aromatic rings. The van der Waals surface area contributed by atoms with Gasteiger partial charge in [-0.3, -0.25) is 14.7 Å². The fraction of sp³-hybridized carbons (Fsp3) is 0.0952. The van der Waals surface area contributed by atoms with Crippen LogP contribution in [0.3, 0.4) is 0 Å². The molecule has 2 aromatic carbocycles. The first-order valence-electron chi connectivity index (χ1n) is 8.49. The van der Waals surface area contributed by atoms with Gasteiger partial charge in [0.05, 0.1) is 28.9 Å². The number of pyridine rings is 1. The third kappa shape index (κ3) is 4.15. The smallest absolute Gasteiger partial charge is 0.233 e. The molecule has 0 saturated carbocycles. The number of carbonyl (C=O) groups is 1. The second-order valence-corrected chi connectivity index (χ2v) is 7.52. The van der Waals surface area contributed by atoms with E-state index < -0.39 is 0 Å². The number of aromatic nitrogens is 2. The minimum Gasteiger partial charge on any atom is -0.282 e. The number of fused-ring (bicyclic) bond motifs is 1. The number of thiazole rings is 1. The highest BCUT2D eigenvalue weighted by atomic mass is 35.5. The van der Waals surface area contributed by atoms with Gasteiger partial charge in [-0.1, -0.05) is 59.3 Å². The fourth-order valence-electron chi connectivity index (χ4n) is 2.78. The molecule has 1 amide bonds. The molecule has 0 fully saturated rings. The van der Waals surface area contributed by atoms with E-state index in [0.717, 1.165) is 21.5 Å². The summed E-state index contributed by atoms with van der Waals surface area (Å²) in [4.78, 5) is 23.8. The zero-order chi connectivity index (χ0) is 18.6. The summed E-state index contributed by atoms with van der Waals surface area (Å²) in [6, 6.07) is 21.0. The van der Waals surface area contributed by atoms with Crippen molar-refractivity contribution >= 4 is 44.2 Å². The van der Waals surface area contributed by atoms with Crippen molar-refractivity contribution in [1.82, 2.24) is 9.97 Å². The molecule has 0 atom stereocenters. The van der Waals surface area contributed by atoms with Crippen molar-refractivity contribution in [1.29, 1.82) is 0 Å².